The molecule has 2 fully saturated rings. The number of pyridine rings is 1. The number of carbonyl (C=O) groups excluding carboxylic acids is 2. The van der Waals surface area contributed by atoms with Crippen LogP contribution in [0.5, 0.6) is 0 Å². The number of aromatic nitrogens is 1. The molecule has 28 heavy (non-hydrogen) atoms. The van der Waals surface area contributed by atoms with Crippen molar-refractivity contribution in [1.82, 2.24) is 25.4 Å². The van der Waals surface area contributed by atoms with Crippen LogP contribution in [0.2, 0.25) is 0 Å². The number of urea groups is 1. The third-order valence-corrected chi connectivity index (χ3v) is 5.49. The number of anilines is 1. The highest BCUT2D eigenvalue weighted by Crippen LogP contribution is 2.14. The Morgan fingerprint density at radius 3 is 2.43 bits per heavy atom. The molecule has 3 amide bonds. The van der Waals surface area contributed by atoms with Crippen molar-refractivity contribution in [3.63, 3.8) is 0 Å². The molecule has 0 atom stereocenters. The quantitative estimate of drug-likeness (QED) is 0.729. The minimum atomic E-state index is -0.256. The number of hydrogen-bond acceptors (Lipinski definition) is 5. The number of nitrogens with one attached hydrogen (secondary N) is 2. The predicted octanol–water partition coefficient (Wildman–Crippen LogP) is 1.04. The summed E-state index contributed by atoms with van der Waals surface area (Å²) in [6, 6.07) is 3.77. The van der Waals surface area contributed by atoms with Gasteiger partial charge in [-0.1, -0.05) is 13.0 Å². The summed E-state index contributed by atoms with van der Waals surface area (Å²) in [5, 5.41) is 5.57. The van der Waals surface area contributed by atoms with Crippen molar-refractivity contribution in [2.24, 2.45) is 0 Å². The van der Waals surface area contributed by atoms with E-state index in [2.05, 4.69) is 32.3 Å². The third-order valence-electron chi connectivity index (χ3n) is 5.49. The van der Waals surface area contributed by atoms with Crippen LogP contribution in [0, 0.1) is 0 Å². The fourth-order valence-corrected chi connectivity index (χ4v) is 3.65. The first-order valence-electron chi connectivity index (χ1n) is 10.4. The van der Waals surface area contributed by atoms with Crippen LogP contribution in [0.4, 0.5) is 10.6 Å². The molecule has 0 radical (unpaired) electrons. The topological polar surface area (TPSA) is 80.8 Å². The van der Waals surface area contributed by atoms with E-state index in [-0.39, 0.29) is 11.9 Å². The van der Waals surface area contributed by atoms with Crippen LogP contribution in [0.25, 0.3) is 0 Å². The van der Waals surface area contributed by atoms with E-state index in [1.807, 2.05) is 23.2 Å². The van der Waals surface area contributed by atoms with Gasteiger partial charge in [-0.3, -0.25) is 4.79 Å². The number of piperazine rings is 1. The molecule has 3 rings (SSSR count). The second-order valence-corrected chi connectivity index (χ2v) is 7.39. The van der Waals surface area contributed by atoms with Crippen molar-refractivity contribution >= 4 is 17.8 Å². The Balaban J connectivity index is 1.34. The molecule has 0 unspecified atom stereocenters. The molecular formula is C20H32N6O2. The van der Waals surface area contributed by atoms with Gasteiger partial charge in [0.1, 0.15) is 5.82 Å². The highest BCUT2D eigenvalue weighted by Gasteiger charge is 2.18. The summed E-state index contributed by atoms with van der Waals surface area (Å²) in [6.45, 7) is 9.91. The summed E-state index contributed by atoms with van der Waals surface area (Å²) < 4.78 is 0. The molecule has 0 saturated carbocycles. The molecule has 0 aromatic carbocycles. The number of likely N-dealkylation sites (tertiary alicyclic amines) is 1. The maximum absolute atomic E-state index is 11.9. The summed E-state index contributed by atoms with van der Waals surface area (Å²) in [5.74, 6) is 1.11. The van der Waals surface area contributed by atoms with Crippen molar-refractivity contribution < 1.29 is 9.59 Å². The van der Waals surface area contributed by atoms with E-state index in [0.717, 1.165) is 70.0 Å². The summed E-state index contributed by atoms with van der Waals surface area (Å²) in [6.07, 6.45) is 4.34. The average molecular weight is 389 g/mol. The zero-order valence-corrected chi connectivity index (χ0v) is 16.8. The largest absolute Gasteiger partial charge is 0.354 e. The van der Waals surface area contributed by atoms with Gasteiger partial charge in [0.25, 0.3) is 0 Å². The molecule has 0 spiro atoms. The molecule has 1 aromatic heterocycles. The van der Waals surface area contributed by atoms with Gasteiger partial charge in [0.2, 0.25) is 5.91 Å². The molecule has 2 aliphatic rings. The lowest BCUT2D eigenvalue weighted by atomic mass is 10.2. The van der Waals surface area contributed by atoms with E-state index in [4.69, 9.17) is 0 Å². The number of hydrogen-bond donors (Lipinski definition) is 2. The average Bonchev–Trinajstić information content (AvgIpc) is 3.28. The van der Waals surface area contributed by atoms with Gasteiger partial charge in [-0.15, -0.1) is 0 Å². The van der Waals surface area contributed by atoms with E-state index in [1.165, 1.54) is 0 Å². The van der Waals surface area contributed by atoms with Crippen LogP contribution in [-0.4, -0.2) is 79.1 Å². The zero-order valence-electron chi connectivity index (χ0n) is 16.8. The minimum Gasteiger partial charge on any atom is -0.354 e. The van der Waals surface area contributed by atoms with Crippen LogP contribution in [0.3, 0.4) is 0 Å². The molecular weight excluding hydrogens is 356 g/mol. The molecule has 2 N–H and O–H groups in total. The van der Waals surface area contributed by atoms with E-state index in [1.54, 1.807) is 0 Å². The van der Waals surface area contributed by atoms with Crippen molar-refractivity contribution in [3.05, 3.63) is 23.9 Å². The van der Waals surface area contributed by atoms with E-state index >= 15 is 0 Å². The first-order valence-corrected chi connectivity index (χ1v) is 10.4. The number of rotatable bonds is 7. The first kappa shape index (κ1) is 20.4. The van der Waals surface area contributed by atoms with Crippen LogP contribution in [-0.2, 0) is 11.3 Å². The minimum absolute atomic E-state index is 0.123. The summed E-state index contributed by atoms with van der Waals surface area (Å²) in [5.41, 5.74) is 0.958. The maximum atomic E-state index is 11.9. The van der Waals surface area contributed by atoms with Crippen molar-refractivity contribution in [2.45, 2.75) is 32.7 Å². The van der Waals surface area contributed by atoms with Gasteiger partial charge in [-0.2, -0.15) is 0 Å². The van der Waals surface area contributed by atoms with Gasteiger partial charge in [0.15, 0.2) is 0 Å². The van der Waals surface area contributed by atoms with Gasteiger partial charge >= 0.3 is 6.03 Å². The van der Waals surface area contributed by atoms with Gasteiger partial charge in [0.05, 0.1) is 0 Å². The van der Waals surface area contributed by atoms with E-state index in [9.17, 15) is 9.59 Å². The molecule has 8 heteroatoms. The fraction of sp³-hybridized carbons (Fsp3) is 0.650. The molecule has 154 valence electrons. The van der Waals surface area contributed by atoms with Crippen LogP contribution < -0.4 is 15.5 Å². The zero-order chi connectivity index (χ0) is 19.8. The summed E-state index contributed by atoms with van der Waals surface area (Å²) in [4.78, 5) is 35.0. The smallest absolute Gasteiger partial charge is 0.315 e. The number of nitrogens with zero attached hydrogens (tertiary/aromatic N) is 4. The molecule has 2 saturated heterocycles. The number of likely N-dealkylation sites (N-methyl/N-ethyl adjacent to an activating group) is 1. The lowest BCUT2D eigenvalue weighted by Gasteiger charge is -2.34. The maximum Gasteiger partial charge on any atom is 0.315 e. The second kappa shape index (κ2) is 10.3. The van der Waals surface area contributed by atoms with Crippen LogP contribution in [0.15, 0.2) is 18.3 Å². The molecule has 3 heterocycles. The van der Waals surface area contributed by atoms with Crippen molar-refractivity contribution in [3.8, 4) is 0 Å². The Kier molecular flexibility index (Phi) is 7.47. The van der Waals surface area contributed by atoms with E-state index in [0.29, 0.717) is 19.5 Å². The lowest BCUT2D eigenvalue weighted by molar-refractivity contribution is -0.129. The van der Waals surface area contributed by atoms with Gasteiger partial charge < -0.3 is 25.3 Å². The SMILES string of the molecule is CCN1CCN(c2ccc(CNC(=O)NCCC(=O)N3CCCC3)cn2)CC1. The van der Waals surface area contributed by atoms with Gasteiger partial charge in [-0.05, 0) is 31.0 Å². The summed E-state index contributed by atoms with van der Waals surface area (Å²) in [7, 11) is 0. The summed E-state index contributed by atoms with van der Waals surface area (Å²) >= 11 is 0. The highest BCUT2D eigenvalue weighted by atomic mass is 16.2. The predicted molar refractivity (Wildman–Crippen MR) is 109 cm³/mol. The fourth-order valence-electron chi connectivity index (χ4n) is 3.65. The number of carbonyl (C=O) groups is 2. The normalized spacial score (nSPS) is 17.6. The third kappa shape index (κ3) is 5.82. The first-order chi connectivity index (χ1) is 13.7. The van der Waals surface area contributed by atoms with E-state index < -0.39 is 0 Å². The monoisotopic (exact) mass is 388 g/mol. The second-order valence-electron chi connectivity index (χ2n) is 7.39. The Labute approximate surface area is 167 Å². The molecule has 2 aliphatic heterocycles. The highest BCUT2D eigenvalue weighted by molar-refractivity contribution is 5.78. The lowest BCUT2D eigenvalue weighted by Crippen LogP contribution is -2.46. The van der Waals surface area contributed by atoms with Crippen LogP contribution >= 0.6 is 0 Å². The Morgan fingerprint density at radius 2 is 1.79 bits per heavy atom. The van der Waals surface area contributed by atoms with Gasteiger partial charge in [0, 0.05) is 65.0 Å². The Morgan fingerprint density at radius 1 is 1.04 bits per heavy atom. The van der Waals surface area contributed by atoms with Crippen molar-refractivity contribution in [1.29, 1.82) is 0 Å². The van der Waals surface area contributed by atoms with Crippen LogP contribution in [0.1, 0.15) is 31.7 Å². The molecule has 8 nitrogen and oxygen atoms in total. The Hall–Kier alpha value is -2.35. The Bertz CT molecular complexity index is 637. The van der Waals surface area contributed by atoms with Gasteiger partial charge in [-0.25, -0.2) is 9.78 Å². The molecule has 1 aromatic rings. The molecule has 0 bridgehead atoms. The standard InChI is InChI=1S/C20H32N6O2/c1-2-24-11-13-25(14-12-24)18-6-5-17(15-22-18)16-23-20(28)21-8-7-19(27)26-9-3-4-10-26/h5-6,15H,2-4,7-14,16H2,1H3,(H2,21,23,28). The van der Waals surface area contributed by atoms with Crippen molar-refractivity contribution in [2.75, 3.05) is 57.3 Å². The molecule has 0 aliphatic carbocycles. The number of amides is 3.